The van der Waals surface area contributed by atoms with Crippen molar-refractivity contribution in [3.8, 4) is 0 Å². The third-order valence-electron chi connectivity index (χ3n) is 0.439. The highest BCUT2D eigenvalue weighted by atomic mass is 19.1. The van der Waals surface area contributed by atoms with Crippen molar-refractivity contribution in [3.05, 3.63) is 18.6 Å². The van der Waals surface area contributed by atoms with Gasteiger partial charge < -0.3 is 4.84 Å². The van der Waals surface area contributed by atoms with Gasteiger partial charge >= 0.3 is 0 Å². The molecule has 1 radical (unpaired) electrons. The highest BCUT2D eigenvalue weighted by molar-refractivity contribution is 4.98. The molecular weight excluding hydrogens is 85.0 g/mol. The monoisotopic (exact) mass is 88.0 g/mol. The highest BCUT2D eigenvalue weighted by Crippen LogP contribution is 2.03. The van der Waals surface area contributed by atoms with Crippen LogP contribution in [0.5, 0.6) is 0 Å². The molecule has 0 saturated heterocycles. The van der Waals surface area contributed by atoms with Gasteiger partial charge in [0.05, 0.1) is 0 Å². The van der Waals surface area contributed by atoms with Gasteiger partial charge in [0, 0.05) is 6.08 Å². The molecule has 1 aliphatic heterocycles. The number of hydroxylamine groups is 1. The van der Waals surface area contributed by atoms with Crippen LogP contribution < -0.4 is 5.48 Å². The first-order valence-corrected chi connectivity index (χ1v) is 1.50. The van der Waals surface area contributed by atoms with Crippen LogP contribution in [0, 0.1) is 6.30 Å². The fourth-order valence-electron chi connectivity index (χ4n) is 0.218. The molecule has 0 aromatic rings. The van der Waals surface area contributed by atoms with Crippen LogP contribution in [0.25, 0.3) is 0 Å². The highest BCUT2D eigenvalue weighted by Gasteiger charge is 2.05. The van der Waals surface area contributed by atoms with E-state index in [1.807, 2.05) is 5.48 Å². The van der Waals surface area contributed by atoms with E-state index >= 15 is 0 Å². The van der Waals surface area contributed by atoms with E-state index in [4.69, 9.17) is 0 Å². The van der Waals surface area contributed by atoms with Gasteiger partial charge in [0.25, 0.3) is 6.30 Å². The molecule has 0 saturated carbocycles. The summed E-state index contributed by atoms with van der Waals surface area (Å²) in [6.45, 7) is 0. The summed E-state index contributed by atoms with van der Waals surface area (Å²) in [6, 6.07) is 0. The van der Waals surface area contributed by atoms with Crippen LogP contribution in [-0.2, 0) is 4.84 Å². The molecule has 1 aliphatic rings. The Morgan fingerprint density at radius 3 is 2.83 bits per heavy atom. The van der Waals surface area contributed by atoms with Gasteiger partial charge in [0.1, 0.15) is 6.26 Å². The van der Waals surface area contributed by atoms with Crippen molar-refractivity contribution in [2.75, 3.05) is 0 Å². The van der Waals surface area contributed by atoms with Gasteiger partial charge in [-0.15, -0.1) is 5.48 Å². The fourth-order valence-corrected chi connectivity index (χ4v) is 0.218. The van der Waals surface area contributed by atoms with E-state index in [2.05, 4.69) is 4.84 Å². The predicted molar refractivity (Wildman–Crippen MR) is 17.7 cm³/mol. The molecule has 6 heavy (non-hydrogen) atoms. The van der Waals surface area contributed by atoms with Gasteiger partial charge in [-0.25, -0.2) is 4.39 Å². The Labute approximate surface area is 34.6 Å². The lowest BCUT2D eigenvalue weighted by Crippen LogP contribution is -2.05. The van der Waals surface area contributed by atoms with Crippen LogP contribution in [0.1, 0.15) is 0 Å². The molecule has 0 aromatic heterocycles. The molecule has 1 rings (SSSR count). The van der Waals surface area contributed by atoms with Gasteiger partial charge in [-0.2, -0.15) is 0 Å². The van der Waals surface area contributed by atoms with Crippen molar-refractivity contribution in [2.45, 2.75) is 0 Å². The van der Waals surface area contributed by atoms with Crippen LogP contribution in [0.15, 0.2) is 12.3 Å². The predicted octanol–water partition coefficient (Wildman–Crippen LogP) is 0.494. The first-order valence-electron chi connectivity index (χ1n) is 1.50. The number of hydrogen-bond donors (Lipinski definition) is 1. The Morgan fingerprint density at radius 1 is 1.83 bits per heavy atom. The van der Waals surface area contributed by atoms with Crippen LogP contribution in [-0.4, -0.2) is 0 Å². The van der Waals surface area contributed by atoms with Crippen molar-refractivity contribution in [1.82, 2.24) is 5.48 Å². The normalized spacial score (nSPS) is 21.5. The Morgan fingerprint density at radius 2 is 2.67 bits per heavy atom. The Balaban J connectivity index is 2.38. The maximum Gasteiger partial charge on any atom is 0.267 e. The molecule has 0 fully saturated rings. The zero-order valence-corrected chi connectivity index (χ0v) is 2.94. The largest absolute Gasteiger partial charge is 0.413 e. The number of halogens is 1. The van der Waals surface area contributed by atoms with Crippen LogP contribution in [0.3, 0.4) is 0 Å². The summed E-state index contributed by atoms with van der Waals surface area (Å²) in [7, 11) is 0. The fraction of sp³-hybridized carbons (Fsp3) is 0. The third-order valence-corrected chi connectivity index (χ3v) is 0.439. The first-order chi connectivity index (χ1) is 2.89. The lowest BCUT2D eigenvalue weighted by molar-refractivity contribution is 0.140. The van der Waals surface area contributed by atoms with E-state index in [-0.39, 0.29) is 0 Å². The number of nitrogens with one attached hydrogen (secondary N) is 1. The summed E-state index contributed by atoms with van der Waals surface area (Å²) >= 11 is 0. The molecule has 2 nitrogen and oxygen atoms in total. The summed E-state index contributed by atoms with van der Waals surface area (Å²) < 4.78 is 11.5. The first kappa shape index (κ1) is 3.61. The SMILES string of the molecule is F[C]1C=CON1. The van der Waals surface area contributed by atoms with Gasteiger partial charge in [-0.1, -0.05) is 0 Å². The van der Waals surface area contributed by atoms with Gasteiger partial charge in [-0.05, 0) is 0 Å². The van der Waals surface area contributed by atoms with E-state index < -0.39 is 6.30 Å². The second-order valence-electron chi connectivity index (χ2n) is 0.871. The second-order valence-corrected chi connectivity index (χ2v) is 0.871. The molecule has 0 bridgehead atoms. The zero-order chi connectivity index (χ0) is 4.41. The van der Waals surface area contributed by atoms with Crippen molar-refractivity contribution >= 4 is 0 Å². The molecule has 1 N–H and O–H groups in total. The number of rotatable bonds is 0. The quantitative estimate of drug-likeness (QED) is 0.435. The molecule has 1 heterocycles. The van der Waals surface area contributed by atoms with Crippen LogP contribution in [0.2, 0.25) is 0 Å². The maximum atomic E-state index is 11.5. The van der Waals surface area contributed by atoms with Gasteiger partial charge in [0.2, 0.25) is 0 Å². The summed E-state index contributed by atoms with van der Waals surface area (Å²) in [4.78, 5) is 4.21. The van der Waals surface area contributed by atoms with E-state index in [9.17, 15) is 4.39 Å². The molecule has 0 aliphatic carbocycles. The second kappa shape index (κ2) is 1.26. The summed E-state index contributed by atoms with van der Waals surface area (Å²) in [5, 5.41) is 0. The minimum Gasteiger partial charge on any atom is -0.413 e. The number of hydrogen-bond acceptors (Lipinski definition) is 2. The average molecular weight is 88.1 g/mol. The molecule has 0 amide bonds. The lowest BCUT2D eigenvalue weighted by atomic mass is 10.6. The summed E-state index contributed by atoms with van der Waals surface area (Å²) in [5.74, 6) is 0. The Bertz CT molecular complexity index is 73.2. The maximum absolute atomic E-state index is 11.5. The van der Waals surface area contributed by atoms with E-state index in [0.717, 1.165) is 0 Å². The zero-order valence-electron chi connectivity index (χ0n) is 2.94. The van der Waals surface area contributed by atoms with Crippen molar-refractivity contribution in [1.29, 1.82) is 0 Å². The molecular formula is C3H3FNO. The standard InChI is InChI=1S/C3H3FNO/c4-3-1-2-6-5-3/h1-2,5H. The smallest absolute Gasteiger partial charge is 0.267 e. The molecule has 33 valence electrons. The van der Waals surface area contributed by atoms with E-state index in [1.165, 1.54) is 12.3 Å². The molecule has 0 spiro atoms. The van der Waals surface area contributed by atoms with E-state index in [1.54, 1.807) is 0 Å². The van der Waals surface area contributed by atoms with Crippen LogP contribution in [0.4, 0.5) is 4.39 Å². The molecule has 3 heteroatoms. The Hall–Kier alpha value is -0.570. The topological polar surface area (TPSA) is 21.3 Å². The Kier molecular flexibility index (Phi) is 0.759. The van der Waals surface area contributed by atoms with Gasteiger partial charge in [0.15, 0.2) is 0 Å². The van der Waals surface area contributed by atoms with E-state index in [0.29, 0.717) is 0 Å². The minimum absolute atomic E-state index is 0.449. The van der Waals surface area contributed by atoms with Crippen LogP contribution >= 0.6 is 0 Å². The summed E-state index contributed by atoms with van der Waals surface area (Å²) in [6.07, 6.45) is 1.98. The molecule has 0 unspecified atom stereocenters. The van der Waals surface area contributed by atoms with Crippen molar-refractivity contribution < 1.29 is 9.23 Å². The summed E-state index contributed by atoms with van der Waals surface area (Å²) in [5.41, 5.74) is 1.96. The van der Waals surface area contributed by atoms with Crippen molar-refractivity contribution in [2.24, 2.45) is 0 Å². The van der Waals surface area contributed by atoms with Crippen molar-refractivity contribution in [3.63, 3.8) is 0 Å². The molecule has 0 aromatic carbocycles. The molecule has 0 atom stereocenters. The minimum atomic E-state index is -0.449. The third kappa shape index (κ3) is 0.490. The lowest BCUT2D eigenvalue weighted by Gasteiger charge is -1.88. The van der Waals surface area contributed by atoms with Gasteiger partial charge in [-0.3, -0.25) is 0 Å². The average Bonchev–Trinajstić information content (AvgIpc) is 1.86.